The molecule has 0 aromatic heterocycles. The summed E-state index contributed by atoms with van der Waals surface area (Å²) in [6, 6.07) is 0. The molecule has 1 unspecified atom stereocenters. The number of carbonyl (C=O) groups is 2. The standard InChI is InChI=1S/C17H28O4/c1-6-15-10(2)7-8-14(18)11(3)9-12(4)16(19)13(5)17(20)21-15/h7-8,10-13,15-16,19H,6,9H2,1-5H3/b8-7-/t10-,11-,12+,13-,15?,16+/m1/s1. The van der Waals surface area contributed by atoms with Gasteiger partial charge in [0, 0.05) is 11.8 Å². The third-order valence-electron chi connectivity index (χ3n) is 4.50. The van der Waals surface area contributed by atoms with E-state index in [1.54, 1.807) is 13.0 Å². The smallest absolute Gasteiger partial charge is 0.311 e. The van der Waals surface area contributed by atoms with E-state index in [1.807, 2.05) is 33.8 Å². The fraction of sp³-hybridized carbons (Fsp3) is 0.765. The molecule has 0 fully saturated rings. The highest BCUT2D eigenvalue weighted by molar-refractivity contribution is 5.91. The molecule has 0 spiro atoms. The van der Waals surface area contributed by atoms with Crippen LogP contribution >= 0.6 is 0 Å². The lowest BCUT2D eigenvalue weighted by Gasteiger charge is -2.29. The van der Waals surface area contributed by atoms with Crippen LogP contribution in [0.5, 0.6) is 0 Å². The Bertz CT molecular complexity index is 402. The minimum atomic E-state index is -0.788. The number of hydrogen-bond acceptors (Lipinski definition) is 4. The topological polar surface area (TPSA) is 63.6 Å². The first-order valence-corrected chi connectivity index (χ1v) is 7.88. The molecule has 1 aliphatic heterocycles. The molecule has 6 atom stereocenters. The van der Waals surface area contributed by atoms with E-state index >= 15 is 0 Å². The van der Waals surface area contributed by atoms with Crippen LogP contribution in [0.4, 0.5) is 0 Å². The number of carbonyl (C=O) groups excluding carboxylic acids is 2. The summed E-state index contributed by atoms with van der Waals surface area (Å²) in [5.74, 6) is -1.17. The van der Waals surface area contributed by atoms with Crippen LogP contribution in [-0.2, 0) is 14.3 Å². The van der Waals surface area contributed by atoms with Gasteiger partial charge in [-0.15, -0.1) is 0 Å². The van der Waals surface area contributed by atoms with Crippen molar-refractivity contribution in [1.29, 1.82) is 0 Å². The van der Waals surface area contributed by atoms with Crippen molar-refractivity contribution in [3.8, 4) is 0 Å². The molecule has 1 aliphatic rings. The van der Waals surface area contributed by atoms with Gasteiger partial charge >= 0.3 is 5.97 Å². The number of aliphatic hydroxyl groups is 1. The van der Waals surface area contributed by atoms with Crippen molar-refractivity contribution in [2.75, 3.05) is 0 Å². The number of allylic oxidation sites excluding steroid dienone is 1. The summed E-state index contributed by atoms with van der Waals surface area (Å²) in [5, 5.41) is 10.3. The molecule has 4 nitrogen and oxygen atoms in total. The Labute approximate surface area is 127 Å². The number of esters is 1. The number of ketones is 1. The predicted molar refractivity (Wildman–Crippen MR) is 81.6 cm³/mol. The van der Waals surface area contributed by atoms with Crippen LogP contribution in [0.15, 0.2) is 12.2 Å². The fourth-order valence-corrected chi connectivity index (χ4v) is 2.80. The van der Waals surface area contributed by atoms with E-state index in [4.69, 9.17) is 4.74 Å². The molecule has 0 bridgehead atoms. The van der Waals surface area contributed by atoms with Gasteiger partial charge in [0.1, 0.15) is 6.10 Å². The normalized spacial score (nSPS) is 40.9. The van der Waals surface area contributed by atoms with Crippen LogP contribution in [-0.4, -0.2) is 29.1 Å². The maximum atomic E-state index is 12.2. The maximum absolute atomic E-state index is 12.2. The van der Waals surface area contributed by atoms with Gasteiger partial charge in [-0.2, -0.15) is 0 Å². The molecular formula is C17H28O4. The molecular weight excluding hydrogens is 268 g/mol. The average molecular weight is 296 g/mol. The van der Waals surface area contributed by atoms with Crippen molar-refractivity contribution in [1.82, 2.24) is 0 Å². The summed E-state index contributed by atoms with van der Waals surface area (Å²) in [6.07, 6.45) is 3.61. The molecule has 0 saturated heterocycles. The zero-order valence-corrected chi connectivity index (χ0v) is 13.7. The van der Waals surface area contributed by atoms with Crippen molar-refractivity contribution in [2.45, 2.75) is 59.7 Å². The number of cyclic esters (lactones) is 1. The van der Waals surface area contributed by atoms with E-state index in [2.05, 4.69) is 0 Å². The van der Waals surface area contributed by atoms with E-state index in [0.717, 1.165) is 0 Å². The van der Waals surface area contributed by atoms with E-state index in [9.17, 15) is 14.7 Å². The Kier molecular flexibility index (Phi) is 6.59. The third-order valence-corrected chi connectivity index (χ3v) is 4.50. The second-order valence-corrected chi connectivity index (χ2v) is 6.40. The first-order valence-electron chi connectivity index (χ1n) is 7.88. The highest BCUT2D eigenvalue weighted by Gasteiger charge is 2.32. The lowest BCUT2D eigenvalue weighted by molar-refractivity contribution is -0.160. The lowest BCUT2D eigenvalue weighted by atomic mass is 9.84. The Morgan fingerprint density at radius 3 is 2.43 bits per heavy atom. The highest BCUT2D eigenvalue weighted by atomic mass is 16.5. The second-order valence-electron chi connectivity index (χ2n) is 6.40. The van der Waals surface area contributed by atoms with Gasteiger partial charge in [-0.25, -0.2) is 0 Å². The van der Waals surface area contributed by atoms with Gasteiger partial charge in [0.05, 0.1) is 12.0 Å². The Morgan fingerprint density at radius 1 is 1.24 bits per heavy atom. The summed E-state index contributed by atoms with van der Waals surface area (Å²) >= 11 is 0. The highest BCUT2D eigenvalue weighted by Crippen LogP contribution is 2.25. The lowest BCUT2D eigenvalue weighted by Crippen LogP contribution is -2.37. The zero-order chi connectivity index (χ0) is 16.2. The molecule has 0 radical (unpaired) electrons. The van der Waals surface area contributed by atoms with Crippen LogP contribution in [0.25, 0.3) is 0 Å². The van der Waals surface area contributed by atoms with Crippen LogP contribution < -0.4 is 0 Å². The minimum Gasteiger partial charge on any atom is -0.461 e. The van der Waals surface area contributed by atoms with E-state index < -0.39 is 12.0 Å². The first-order chi connectivity index (χ1) is 9.77. The van der Waals surface area contributed by atoms with E-state index in [1.165, 1.54) is 0 Å². The molecule has 0 saturated carbocycles. The minimum absolute atomic E-state index is 0.0173. The van der Waals surface area contributed by atoms with Crippen LogP contribution in [0.2, 0.25) is 0 Å². The van der Waals surface area contributed by atoms with Crippen molar-refractivity contribution < 1.29 is 19.4 Å². The zero-order valence-electron chi connectivity index (χ0n) is 13.7. The van der Waals surface area contributed by atoms with Crippen molar-refractivity contribution >= 4 is 11.8 Å². The van der Waals surface area contributed by atoms with Crippen LogP contribution in [0.1, 0.15) is 47.5 Å². The van der Waals surface area contributed by atoms with Crippen LogP contribution in [0.3, 0.4) is 0 Å². The van der Waals surface area contributed by atoms with Gasteiger partial charge in [-0.05, 0) is 31.8 Å². The maximum Gasteiger partial charge on any atom is 0.311 e. The van der Waals surface area contributed by atoms with Gasteiger partial charge in [-0.3, -0.25) is 9.59 Å². The Hall–Kier alpha value is -1.16. The third kappa shape index (κ3) is 4.67. The van der Waals surface area contributed by atoms with Gasteiger partial charge < -0.3 is 9.84 Å². The first kappa shape index (κ1) is 17.9. The molecule has 4 heteroatoms. The summed E-state index contributed by atoms with van der Waals surface area (Å²) in [4.78, 5) is 24.3. The molecule has 0 aromatic rings. The number of hydrogen-bond donors (Lipinski definition) is 1. The number of rotatable bonds is 1. The summed E-state index contributed by atoms with van der Waals surface area (Å²) < 4.78 is 5.52. The molecule has 21 heavy (non-hydrogen) atoms. The van der Waals surface area contributed by atoms with Crippen molar-refractivity contribution in [3.63, 3.8) is 0 Å². The average Bonchev–Trinajstić information content (AvgIpc) is 2.46. The summed E-state index contributed by atoms with van der Waals surface area (Å²) in [5.41, 5.74) is 0. The van der Waals surface area contributed by atoms with E-state index in [0.29, 0.717) is 12.8 Å². The molecule has 1 heterocycles. The largest absolute Gasteiger partial charge is 0.461 e. The molecule has 120 valence electrons. The predicted octanol–water partition coefficient (Wildman–Crippen LogP) is 2.74. The summed E-state index contributed by atoms with van der Waals surface area (Å²) in [6.45, 7) is 9.31. The van der Waals surface area contributed by atoms with Gasteiger partial charge in [0.15, 0.2) is 5.78 Å². The monoisotopic (exact) mass is 296 g/mol. The Balaban J connectivity index is 3.04. The number of aliphatic hydroxyl groups excluding tert-OH is 1. The SMILES string of the molecule is CCC1OC(=O)[C@H](C)[C@@H](O)[C@@H](C)C[C@@H](C)C(=O)/C=C\[C@H]1C. The molecule has 0 aliphatic carbocycles. The second kappa shape index (κ2) is 7.74. The molecule has 0 aromatic carbocycles. The van der Waals surface area contributed by atoms with Gasteiger partial charge in [0.25, 0.3) is 0 Å². The van der Waals surface area contributed by atoms with Crippen molar-refractivity contribution in [2.24, 2.45) is 23.7 Å². The van der Waals surface area contributed by atoms with Crippen molar-refractivity contribution in [3.05, 3.63) is 12.2 Å². The molecule has 0 amide bonds. The molecule has 1 rings (SSSR count). The van der Waals surface area contributed by atoms with Gasteiger partial charge in [0.2, 0.25) is 0 Å². The summed E-state index contributed by atoms with van der Waals surface area (Å²) in [7, 11) is 0. The van der Waals surface area contributed by atoms with Gasteiger partial charge in [-0.1, -0.05) is 33.8 Å². The Morgan fingerprint density at radius 2 is 1.86 bits per heavy atom. The number of ether oxygens (including phenoxy) is 1. The fourth-order valence-electron chi connectivity index (χ4n) is 2.80. The quantitative estimate of drug-likeness (QED) is 0.756. The molecule has 1 N–H and O–H groups in total. The van der Waals surface area contributed by atoms with E-state index in [-0.39, 0.29) is 35.6 Å². The van der Waals surface area contributed by atoms with Crippen LogP contribution in [0, 0.1) is 23.7 Å².